The molecule has 0 unspecified atom stereocenters. The third kappa shape index (κ3) is 3.84. The van der Waals surface area contributed by atoms with Crippen LogP contribution in [0.4, 0.5) is 19.6 Å². The van der Waals surface area contributed by atoms with Crippen LogP contribution in [-0.2, 0) is 4.74 Å². The molecule has 0 aliphatic heterocycles. The molecule has 0 radical (unpaired) electrons. The molecule has 0 saturated carbocycles. The lowest BCUT2D eigenvalue weighted by Gasteiger charge is -2.07. The first kappa shape index (κ1) is 14.6. The first-order valence-corrected chi connectivity index (χ1v) is 6.71. The van der Waals surface area contributed by atoms with Crippen molar-refractivity contribution < 1.29 is 13.5 Å². The number of nitrogens with one attached hydrogen (secondary N) is 1. The van der Waals surface area contributed by atoms with Crippen molar-refractivity contribution >= 4 is 22.4 Å². The van der Waals surface area contributed by atoms with Crippen LogP contribution in [-0.4, -0.2) is 35.5 Å². The first-order chi connectivity index (χ1) is 9.68. The molecule has 108 valence electrons. The molecule has 0 aromatic carbocycles. The molecule has 3 N–H and O–H groups in total. The van der Waals surface area contributed by atoms with Gasteiger partial charge in [-0.3, -0.25) is 4.98 Å². The van der Waals surface area contributed by atoms with Crippen molar-refractivity contribution in [3.63, 3.8) is 0 Å². The van der Waals surface area contributed by atoms with Crippen molar-refractivity contribution in [1.82, 2.24) is 9.36 Å². The second kappa shape index (κ2) is 7.11. The molecular formula is C12H14F2N4OS. The average Bonchev–Trinajstić information content (AvgIpc) is 2.80. The van der Waals surface area contributed by atoms with Crippen molar-refractivity contribution in [2.45, 2.75) is 6.43 Å². The van der Waals surface area contributed by atoms with Gasteiger partial charge in [0.05, 0.1) is 12.2 Å². The summed E-state index contributed by atoms with van der Waals surface area (Å²) in [6.07, 6.45) is 0.894. The minimum Gasteiger partial charge on any atom is -0.382 e. The second-order valence-corrected chi connectivity index (χ2v) is 4.67. The van der Waals surface area contributed by atoms with E-state index in [0.717, 1.165) is 16.1 Å². The summed E-state index contributed by atoms with van der Waals surface area (Å²) in [6.45, 7) is 0.0497. The molecule has 5 nitrogen and oxygen atoms in total. The monoisotopic (exact) mass is 300 g/mol. The summed E-state index contributed by atoms with van der Waals surface area (Å²) in [5.74, 6) is 0.428. The maximum atomic E-state index is 11.9. The lowest BCUT2D eigenvalue weighted by molar-refractivity contribution is 0.0215. The fraction of sp³-hybridized carbons (Fsp3) is 0.333. The molecule has 0 atom stereocenters. The van der Waals surface area contributed by atoms with Gasteiger partial charge in [-0.1, -0.05) is 0 Å². The maximum Gasteiger partial charge on any atom is 0.261 e. The van der Waals surface area contributed by atoms with Crippen LogP contribution < -0.4 is 11.1 Å². The highest BCUT2D eigenvalue weighted by Gasteiger charge is 2.13. The molecule has 20 heavy (non-hydrogen) atoms. The highest BCUT2D eigenvalue weighted by Crippen LogP contribution is 2.36. The molecule has 0 fully saturated rings. The number of ether oxygens (including phenoxy) is 1. The Bertz CT molecular complexity index is 536. The predicted molar refractivity (Wildman–Crippen MR) is 75.1 cm³/mol. The number of nitrogens with zero attached hydrogens (tertiary/aromatic N) is 2. The lowest BCUT2D eigenvalue weighted by Crippen LogP contribution is -2.12. The third-order valence-electron chi connectivity index (χ3n) is 2.46. The largest absolute Gasteiger partial charge is 0.382 e. The summed E-state index contributed by atoms with van der Waals surface area (Å²) < 4.78 is 32.7. The number of anilines is 2. The van der Waals surface area contributed by atoms with Crippen molar-refractivity contribution in [3.8, 4) is 11.1 Å². The Kier molecular flexibility index (Phi) is 5.19. The van der Waals surface area contributed by atoms with Gasteiger partial charge in [-0.2, -0.15) is 4.37 Å². The molecule has 2 heterocycles. The van der Waals surface area contributed by atoms with E-state index in [9.17, 15) is 8.78 Å². The van der Waals surface area contributed by atoms with Gasteiger partial charge in [-0.05, 0) is 29.2 Å². The molecule has 0 amide bonds. The summed E-state index contributed by atoms with van der Waals surface area (Å²) in [7, 11) is 0. The minimum atomic E-state index is -2.44. The van der Waals surface area contributed by atoms with Crippen LogP contribution in [0.5, 0.6) is 0 Å². The van der Waals surface area contributed by atoms with E-state index in [0.29, 0.717) is 12.4 Å². The van der Waals surface area contributed by atoms with E-state index < -0.39 is 13.0 Å². The van der Waals surface area contributed by atoms with Gasteiger partial charge in [0, 0.05) is 18.9 Å². The zero-order valence-electron chi connectivity index (χ0n) is 10.6. The Balaban J connectivity index is 1.96. The topological polar surface area (TPSA) is 73.1 Å². The lowest BCUT2D eigenvalue weighted by atomic mass is 10.1. The smallest absolute Gasteiger partial charge is 0.261 e. The molecule has 2 aromatic heterocycles. The third-order valence-corrected chi connectivity index (χ3v) is 3.28. The van der Waals surface area contributed by atoms with Gasteiger partial charge in [0.15, 0.2) is 0 Å². The van der Waals surface area contributed by atoms with Gasteiger partial charge in [0.1, 0.15) is 17.4 Å². The van der Waals surface area contributed by atoms with Crippen molar-refractivity contribution in [2.24, 2.45) is 0 Å². The number of nitrogens with two attached hydrogens (primary N) is 1. The van der Waals surface area contributed by atoms with Crippen LogP contribution in [0.15, 0.2) is 24.5 Å². The Morgan fingerprint density at radius 1 is 1.35 bits per heavy atom. The van der Waals surface area contributed by atoms with Gasteiger partial charge in [0.25, 0.3) is 6.43 Å². The van der Waals surface area contributed by atoms with E-state index in [-0.39, 0.29) is 6.61 Å². The van der Waals surface area contributed by atoms with Gasteiger partial charge < -0.3 is 15.8 Å². The van der Waals surface area contributed by atoms with Crippen LogP contribution in [0.1, 0.15) is 0 Å². The van der Waals surface area contributed by atoms with E-state index in [2.05, 4.69) is 14.7 Å². The molecule has 0 aliphatic rings. The number of rotatable bonds is 7. The van der Waals surface area contributed by atoms with Crippen molar-refractivity contribution in [3.05, 3.63) is 24.5 Å². The van der Waals surface area contributed by atoms with E-state index in [1.165, 1.54) is 11.5 Å². The van der Waals surface area contributed by atoms with E-state index in [1.54, 1.807) is 12.4 Å². The standard InChI is InChI=1S/C12H14F2N4OS/c13-9(14)7-19-6-5-17-12-10(11(15)18-20-12)8-1-3-16-4-2-8/h1-4,9,17H,5-7H2,(H2,15,18). The SMILES string of the molecule is Nc1nsc(NCCOCC(F)F)c1-c1ccncc1. The van der Waals surface area contributed by atoms with E-state index >= 15 is 0 Å². The summed E-state index contributed by atoms with van der Waals surface area (Å²) >= 11 is 1.23. The number of nitrogen functional groups attached to an aromatic ring is 1. The Hall–Kier alpha value is -1.80. The highest BCUT2D eigenvalue weighted by atomic mass is 32.1. The molecule has 0 bridgehead atoms. The quantitative estimate of drug-likeness (QED) is 0.769. The van der Waals surface area contributed by atoms with Crippen LogP contribution in [0, 0.1) is 0 Å². The van der Waals surface area contributed by atoms with Gasteiger partial charge >= 0.3 is 0 Å². The van der Waals surface area contributed by atoms with E-state index in [4.69, 9.17) is 10.5 Å². The average molecular weight is 300 g/mol. The van der Waals surface area contributed by atoms with Crippen LogP contribution in [0.25, 0.3) is 11.1 Å². The number of pyridine rings is 1. The van der Waals surface area contributed by atoms with Gasteiger partial charge in [-0.25, -0.2) is 8.78 Å². The van der Waals surface area contributed by atoms with E-state index in [1.807, 2.05) is 12.1 Å². The fourth-order valence-electron chi connectivity index (χ4n) is 1.63. The number of hydrogen-bond donors (Lipinski definition) is 2. The molecule has 2 aromatic rings. The second-order valence-electron chi connectivity index (χ2n) is 3.90. The Labute approximate surface area is 119 Å². The normalized spacial score (nSPS) is 10.9. The number of halogens is 2. The highest BCUT2D eigenvalue weighted by molar-refractivity contribution is 7.11. The summed E-state index contributed by atoms with van der Waals surface area (Å²) in [5, 5.41) is 3.88. The molecule has 0 spiro atoms. The minimum absolute atomic E-state index is 0.192. The molecule has 8 heteroatoms. The molecule has 0 aliphatic carbocycles. The van der Waals surface area contributed by atoms with Crippen LogP contribution in [0.3, 0.4) is 0 Å². The van der Waals surface area contributed by atoms with Crippen molar-refractivity contribution in [1.29, 1.82) is 0 Å². The summed E-state index contributed by atoms with van der Waals surface area (Å²) in [6, 6.07) is 3.66. The van der Waals surface area contributed by atoms with Gasteiger partial charge in [-0.15, -0.1) is 0 Å². The number of alkyl halides is 2. The zero-order valence-corrected chi connectivity index (χ0v) is 11.4. The number of aromatic nitrogens is 2. The van der Waals surface area contributed by atoms with Gasteiger partial charge in [0.2, 0.25) is 0 Å². The maximum absolute atomic E-state index is 11.9. The summed E-state index contributed by atoms with van der Waals surface area (Å²) in [4.78, 5) is 3.95. The molecule has 0 saturated heterocycles. The fourth-order valence-corrected chi connectivity index (χ4v) is 2.39. The predicted octanol–water partition coefficient (Wildman–Crippen LogP) is 2.48. The number of hydrogen-bond acceptors (Lipinski definition) is 6. The van der Waals surface area contributed by atoms with Crippen LogP contribution in [0.2, 0.25) is 0 Å². The molecule has 2 rings (SSSR count). The summed E-state index contributed by atoms with van der Waals surface area (Å²) in [5.41, 5.74) is 7.55. The zero-order chi connectivity index (χ0) is 14.4. The van der Waals surface area contributed by atoms with Crippen LogP contribution >= 0.6 is 11.5 Å². The Morgan fingerprint density at radius 2 is 2.10 bits per heavy atom. The van der Waals surface area contributed by atoms with Crippen molar-refractivity contribution in [2.75, 3.05) is 30.8 Å². The molecular weight excluding hydrogens is 286 g/mol. The first-order valence-electron chi connectivity index (χ1n) is 5.93. The Morgan fingerprint density at radius 3 is 2.80 bits per heavy atom.